The molecule has 0 radical (unpaired) electrons. The van der Waals surface area contributed by atoms with Crippen LogP contribution >= 0.6 is 0 Å². The highest BCUT2D eigenvalue weighted by molar-refractivity contribution is 6.13. The van der Waals surface area contributed by atoms with Gasteiger partial charge in [0.1, 0.15) is 0 Å². The van der Waals surface area contributed by atoms with Crippen molar-refractivity contribution in [1.29, 1.82) is 0 Å². The molecule has 0 spiro atoms. The number of pyridine rings is 1. The van der Waals surface area contributed by atoms with Gasteiger partial charge in [0, 0.05) is 12.7 Å². The van der Waals surface area contributed by atoms with E-state index < -0.39 is 5.91 Å². The Kier molecular flexibility index (Phi) is 4.35. The Morgan fingerprint density at radius 1 is 1.56 bits per heavy atom. The molecule has 1 aromatic heterocycles. The number of carbonyl (C=O) groups is 2. The summed E-state index contributed by atoms with van der Waals surface area (Å²) in [6, 6.07) is 5.12. The van der Waals surface area contributed by atoms with E-state index in [1.807, 2.05) is 0 Å². The molecular weight excluding hydrogens is 208 g/mol. The Bertz CT molecular complexity index is 401. The van der Waals surface area contributed by atoms with Crippen molar-refractivity contribution in [2.45, 2.75) is 6.92 Å². The predicted octanol–water partition coefficient (Wildman–Crippen LogP) is 0.902. The van der Waals surface area contributed by atoms with Gasteiger partial charge in [-0.25, -0.2) is 5.06 Å². The summed E-state index contributed by atoms with van der Waals surface area (Å²) in [5.41, 5.74) is 0.352. The minimum Gasteiger partial charge on any atom is -0.298 e. The fraction of sp³-hybridized carbons (Fsp3) is 0.182. The van der Waals surface area contributed by atoms with Crippen molar-refractivity contribution in [3.8, 4) is 0 Å². The van der Waals surface area contributed by atoms with Crippen molar-refractivity contribution in [3.05, 3.63) is 35.7 Å². The molecule has 16 heavy (non-hydrogen) atoms. The van der Waals surface area contributed by atoms with Crippen LogP contribution in [-0.2, 0) is 9.59 Å². The highest BCUT2D eigenvalue weighted by Gasteiger charge is 2.14. The van der Waals surface area contributed by atoms with Gasteiger partial charge in [-0.3, -0.25) is 19.8 Å². The third-order valence-electron chi connectivity index (χ3n) is 1.90. The third kappa shape index (κ3) is 2.99. The van der Waals surface area contributed by atoms with Crippen molar-refractivity contribution < 1.29 is 14.8 Å². The van der Waals surface area contributed by atoms with E-state index in [2.05, 4.69) is 4.98 Å². The quantitative estimate of drug-likeness (QED) is 0.204. The first-order valence-corrected chi connectivity index (χ1v) is 4.77. The van der Waals surface area contributed by atoms with Crippen molar-refractivity contribution >= 4 is 18.3 Å². The molecule has 0 saturated carbocycles. The fourth-order valence-corrected chi connectivity index (χ4v) is 1.06. The largest absolute Gasteiger partial charge is 0.298 e. The van der Waals surface area contributed by atoms with E-state index in [9.17, 15) is 9.59 Å². The molecule has 0 unspecified atom stereocenters. The van der Waals surface area contributed by atoms with Gasteiger partial charge in [-0.15, -0.1) is 0 Å². The SMILES string of the molecule is CCN(O)C(=O)/C(C=O)=C/c1ccccn1. The van der Waals surface area contributed by atoms with Crippen LogP contribution in [0.5, 0.6) is 0 Å². The highest BCUT2D eigenvalue weighted by Crippen LogP contribution is 2.04. The zero-order valence-electron chi connectivity index (χ0n) is 8.83. The average molecular weight is 220 g/mol. The maximum Gasteiger partial charge on any atom is 0.280 e. The number of hydroxylamine groups is 2. The molecule has 5 heteroatoms. The summed E-state index contributed by atoms with van der Waals surface area (Å²) in [6.45, 7) is 1.72. The van der Waals surface area contributed by atoms with E-state index in [1.54, 1.807) is 31.3 Å². The number of aldehydes is 1. The maximum absolute atomic E-state index is 11.5. The smallest absolute Gasteiger partial charge is 0.280 e. The van der Waals surface area contributed by atoms with E-state index in [1.165, 1.54) is 6.08 Å². The number of likely N-dealkylation sites (N-methyl/N-ethyl adjacent to an activating group) is 1. The van der Waals surface area contributed by atoms with Gasteiger partial charge in [0.2, 0.25) is 0 Å². The van der Waals surface area contributed by atoms with Crippen LogP contribution in [-0.4, -0.2) is 34.0 Å². The molecule has 0 bridgehead atoms. The van der Waals surface area contributed by atoms with E-state index in [-0.39, 0.29) is 12.1 Å². The molecule has 1 rings (SSSR count). The van der Waals surface area contributed by atoms with E-state index >= 15 is 0 Å². The molecule has 0 saturated heterocycles. The summed E-state index contributed by atoms with van der Waals surface area (Å²) in [5, 5.41) is 9.65. The minimum absolute atomic E-state index is 0.117. The van der Waals surface area contributed by atoms with Crippen LogP contribution in [0.25, 0.3) is 6.08 Å². The Hall–Kier alpha value is -2.01. The third-order valence-corrected chi connectivity index (χ3v) is 1.90. The fourth-order valence-electron chi connectivity index (χ4n) is 1.06. The Morgan fingerprint density at radius 3 is 2.81 bits per heavy atom. The first kappa shape index (κ1) is 12.1. The van der Waals surface area contributed by atoms with Crippen LogP contribution in [0.1, 0.15) is 12.6 Å². The number of amides is 1. The van der Waals surface area contributed by atoms with Crippen LogP contribution < -0.4 is 0 Å². The van der Waals surface area contributed by atoms with E-state index in [4.69, 9.17) is 5.21 Å². The molecule has 1 amide bonds. The number of aromatic nitrogens is 1. The lowest BCUT2D eigenvalue weighted by Crippen LogP contribution is -2.28. The van der Waals surface area contributed by atoms with Gasteiger partial charge < -0.3 is 0 Å². The lowest BCUT2D eigenvalue weighted by molar-refractivity contribution is -0.159. The van der Waals surface area contributed by atoms with Crippen LogP contribution in [0.2, 0.25) is 0 Å². The van der Waals surface area contributed by atoms with Crippen molar-refractivity contribution in [2.75, 3.05) is 6.54 Å². The standard InChI is InChI=1S/C11H12N2O3/c1-2-13(16)11(15)9(8-14)7-10-5-3-4-6-12-10/h3-8,16H,2H2,1H3/b9-7+. The molecule has 0 aromatic carbocycles. The summed E-state index contributed by atoms with van der Waals surface area (Å²) in [4.78, 5) is 26.1. The highest BCUT2D eigenvalue weighted by atomic mass is 16.5. The van der Waals surface area contributed by atoms with Crippen LogP contribution in [0.4, 0.5) is 0 Å². The number of hydrogen-bond acceptors (Lipinski definition) is 4. The van der Waals surface area contributed by atoms with Crippen molar-refractivity contribution in [2.24, 2.45) is 0 Å². The Morgan fingerprint density at radius 2 is 2.31 bits per heavy atom. The molecule has 1 heterocycles. The topological polar surface area (TPSA) is 70.5 Å². The average Bonchev–Trinajstić information content (AvgIpc) is 2.35. The first-order valence-electron chi connectivity index (χ1n) is 4.77. The second-order valence-electron chi connectivity index (χ2n) is 2.99. The van der Waals surface area contributed by atoms with Crippen LogP contribution in [0.3, 0.4) is 0 Å². The molecular formula is C11H12N2O3. The summed E-state index contributed by atoms with van der Waals surface area (Å²) >= 11 is 0. The molecule has 0 aliphatic carbocycles. The predicted molar refractivity (Wildman–Crippen MR) is 57.5 cm³/mol. The Balaban J connectivity index is 2.95. The van der Waals surface area contributed by atoms with Gasteiger partial charge in [0.15, 0.2) is 6.29 Å². The molecule has 5 nitrogen and oxygen atoms in total. The second kappa shape index (κ2) is 5.77. The molecule has 0 aliphatic rings. The van der Waals surface area contributed by atoms with Crippen molar-refractivity contribution in [1.82, 2.24) is 10.0 Å². The number of nitrogens with zero attached hydrogens (tertiary/aromatic N) is 2. The van der Waals surface area contributed by atoms with Crippen LogP contribution in [0.15, 0.2) is 30.0 Å². The first-order chi connectivity index (χ1) is 7.69. The molecule has 1 aromatic rings. The summed E-state index contributed by atoms with van der Waals surface area (Å²) in [5.74, 6) is -0.733. The lowest BCUT2D eigenvalue weighted by atomic mass is 10.2. The Labute approximate surface area is 93.0 Å². The number of carbonyl (C=O) groups excluding carboxylic acids is 2. The number of hydrogen-bond donors (Lipinski definition) is 1. The molecule has 0 atom stereocenters. The molecule has 1 N–H and O–H groups in total. The van der Waals surface area contributed by atoms with Gasteiger partial charge in [-0.1, -0.05) is 6.07 Å². The summed E-state index contributed by atoms with van der Waals surface area (Å²) in [6.07, 6.45) is 3.28. The van der Waals surface area contributed by atoms with Gasteiger partial charge >= 0.3 is 0 Å². The van der Waals surface area contributed by atoms with Gasteiger partial charge in [-0.05, 0) is 25.1 Å². The monoisotopic (exact) mass is 220 g/mol. The summed E-state index contributed by atoms with van der Waals surface area (Å²) < 4.78 is 0. The minimum atomic E-state index is -0.733. The zero-order chi connectivity index (χ0) is 12.0. The zero-order valence-corrected chi connectivity index (χ0v) is 8.83. The van der Waals surface area contributed by atoms with E-state index in [0.717, 1.165) is 0 Å². The number of rotatable bonds is 4. The molecule has 0 aliphatic heterocycles. The molecule has 0 fully saturated rings. The van der Waals surface area contributed by atoms with Gasteiger partial charge in [0.05, 0.1) is 11.3 Å². The normalized spacial score (nSPS) is 11.0. The van der Waals surface area contributed by atoms with E-state index in [0.29, 0.717) is 17.0 Å². The second-order valence-corrected chi connectivity index (χ2v) is 2.99. The van der Waals surface area contributed by atoms with Gasteiger partial charge in [-0.2, -0.15) is 0 Å². The maximum atomic E-state index is 11.5. The van der Waals surface area contributed by atoms with Gasteiger partial charge in [0.25, 0.3) is 5.91 Å². The molecule has 84 valence electrons. The van der Waals surface area contributed by atoms with Crippen LogP contribution in [0, 0.1) is 0 Å². The lowest BCUT2D eigenvalue weighted by Gasteiger charge is -2.11. The van der Waals surface area contributed by atoms with Crippen molar-refractivity contribution in [3.63, 3.8) is 0 Å². The summed E-state index contributed by atoms with van der Waals surface area (Å²) in [7, 11) is 0.